The number of carbonyl (C=O) groups is 1. The van der Waals surface area contributed by atoms with Gasteiger partial charge in [0.25, 0.3) is 5.91 Å². The molecule has 8 nitrogen and oxygen atoms in total. The predicted molar refractivity (Wildman–Crippen MR) is 98.5 cm³/mol. The van der Waals surface area contributed by atoms with Crippen molar-refractivity contribution in [3.63, 3.8) is 0 Å². The van der Waals surface area contributed by atoms with E-state index >= 15 is 0 Å². The highest BCUT2D eigenvalue weighted by molar-refractivity contribution is 5.97. The fourth-order valence-corrected chi connectivity index (χ4v) is 2.95. The van der Waals surface area contributed by atoms with Gasteiger partial charge in [0, 0.05) is 5.56 Å². The molecule has 1 unspecified atom stereocenters. The van der Waals surface area contributed by atoms with Gasteiger partial charge in [-0.15, -0.1) is 0 Å². The summed E-state index contributed by atoms with van der Waals surface area (Å²) in [5.74, 6) is 1.05. The molecule has 0 saturated carbocycles. The normalized spacial score (nSPS) is 14.0. The van der Waals surface area contributed by atoms with Gasteiger partial charge in [-0.05, 0) is 42.8 Å². The molecule has 4 rings (SSSR count). The SMILES string of the molecule is CC(NC(=O)c1ccc2[nH]c(=O)c(=O)[nH]c2c1)c1ccc2c(c1)OCCO2. The topological polar surface area (TPSA) is 113 Å². The van der Waals surface area contributed by atoms with E-state index in [0.717, 1.165) is 5.56 Å². The molecule has 1 atom stereocenters. The van der Waals surface area contributed by atoms with Gasteiger partial charge >= 0.3 is 11.1 Å². The van der Waals surface area contributed by atoms with Crippen molar-refractivity contribution in [1.82, 2.24) is 15.3 Å². The summed E-state index contributed by atoms with van der Waals surface area (Å²) in [6, 6.07) is 9.97. The van der Waals surface area contributed by atoms with E-state index in [2.05, 4.69) is 15.3 Å². The van der Waals surface area contributed by atoms with Crippen LogP contribution in [0.25, 0.3) is 11.0 Å². The Morgan fingerprint density at radius 3 is 2.44 bits per heavy atom. The van der Waals surface area contributed by atoms with Gasteiger partial charge < -0.3 is 24.8 Å². The number of aromatic nitrogens is 2. The zero-order valence-corrected chi connectivity index (χ0v) is 14.5. The van der Waals surface area contributed by atoms with Crippen molar-refractivity contribution in [1.29, 1.82) is 0 Å². The molecule has 1 aliphatic heterocycles. The average molecular weight is 367 g/mol. The molecule has 3 aromatic rings. The highest BCUT2D eigenvalue weighted by Gasteiger charge is 2.17. The van der Waals surface area contributed by atoms with Crippen LogP contribution in [0.15, 0.2) is 46.0 Å². The fraction of sp³-hybridized carbons (Fsp3) is 0.211. The van der Waals surface area contributed by atoms with Crippen molar-refractivity contribution in [2.75, 3.05) is 13.2 Å². The van der Waals surface area contributed by atoms with Crippen LogP contribution in [-0.4, -0.2) is 29.1 Å². The second-order valence-corrected chi connectivity index (χ2v) is 6.27. The molecular weight excluding hydrogens is 350 g/mol. The number of ether oxygens (including phenoxy) is 2. The Balaban J connectivity index is 1.56. The Labute approximate surface area is 153 Å². The lowest BCUT2D eigenvalue weighted by Crippen LogP contribution is -2.29. The molecule has 0 saturated heterocycles. The van der Waals surface area contributed by atoms with E-state index in [0.29, 0.717) is 41.3 Å². The number of amides is 1. The Hall–Kier alpha value is -3.55. The molecule has 1 amide bonds. The number of aromatic amines is 2. The number of carbonyl (C=O) groups excluding carboxylic acids is 1. The number of fused-ring (bicyclic) bond motifs is 2. The summed E-state index contributed by atoms with van der Waals surface area (Å²) in [6.45, 7) is 2.88. The highest BCUT2D eigenvalue weighted by atomic mass is 16.6. The first-order valence-electron chi connectivity index (χ1n) is 8.48. The van der Waals surface area contributed by atoms with Crippen LogP contribution < -0.4 is 25.9 Å². The van der Waals surface area contributed by atoms with Gasteiger partial charge in [-0.1, -0.05) is 6.07 Å². The summed E-state index contributed by atoms with van der Waals surface area (Å²) >= 11 is 0. The summed E-state index contributed by atoms with van der Waals surface area (Å²) in [5, 5.41) is 2.91. The second kappa shape index (κ2) is 6.64. The number of hydrogen-bond donors (Lipinski definition) is 3. The molecule has 2 aromatic carbocycles. The van der Waals surface area contributed by atoms with Crippen molar-refractivity contribution in [3.8, 4) is 11.5 Å². The first-order chi connectivity index (χ1) is 13.0. The number of rotatable bonds is 3. The third-order valence-corrected chi connectivity index (χ3v) is 4.40. The molecule has 27 heavy (non-hydrogen) atoms. The first-order valence-corrected chi connectivity index (χ1v) is 8.48. The van der Waals surface area contributed by atoms with Gasteiger partial charge in [0.1, 0.15) is 13.2 Å². The largest absolute Gasteiger partial charge is 0.486 e. The van der Waals surface area contributed by atoms with E-state index in [1.807, 2.05) is 25.1 Å². The van der Waals surface area contributed by atoms with E-state index in [-0.39, 0.29) is 11.9 Å². The molecule has 0 aliphatic carbocycles. The van der Waals surface area contributed by atoms with Gasteiger partial charge in [-0.2, -0.15) is 0 Å². The Morgan fingerprint density at radius 1 is 0.963 bits per heavy atom. The van der Waals surface area contributed by atoms with Crippen LogP contribution in [0.1, 0.15) is 28.9 Å². The highest BCUT2D eigenvalue weighted by Crippen LogP contribution is 2.32. The van der Waals surface area contributed by atoms with Gasteiger partial charge in [0.05, 0.1) is 17.1 Å². The minimum Gasteiger partial charge on any atom is -0.486 e. The molecule has 8 heteroatoms. The number of nitrogens with one attached hydrogen (secondary N) is 3. The molecule has 138 valence electrons. The van der Waals surface area contributed by atoms with Crippen LogP contribution in [0, 0.1) is 0 Å². The van der Waals surface area contributed by atoms with Crippen LogP contribution in [0.3, 0.4) is 0 Å². The maximum atomic E-state index is 12.6. The number of hydrogen-bond acceptors (Lipinski definition) is 5. The van der Waals surface area contributed by atoms with Crippen LogP contribution in [-0.2, 0) is 0 Å². The molecule has 1 aliphatic rings. The monoisotopic (exact) mass is 367 g/mol. The van der Waals surface area contributed by atoms with E-state index in [9.17, 15) is 14.4 Å². The standard InChI is InChI=1S/C19H17N3O5/c1-10(11-3-5-15-16(9-11)27-7-6-26-15)20-17(23)12-2-4-13-14(8-12)22-19(25)18(24)21-13/h2-5,8-10H,6-7H2,1H3,(H,20,23)(H,21,24)(H,22,25). The fourth-order valence-electron chi connectivity index (χ4n) is 2.95. The van der Waals surface area contributed by atoms with Crippen molar-refractivity contribution in [2.24, 2.45) is 0 Å². The molecular formula is C19H17N3O5. The zero-order chi connectivity index (χ0) is 19.0. The smallest absolute Gasteiger partial charge is 0.314 e. The molecule has 0 fully saturated rings. The number of benzene rings is 2. The van der Waals surface area contributed by atoms with Crippen LogP contribution in [0.5, 0.6) is 11.5 Å². The first kappa shape index (κ1) is 16.9. The van der Waals surface area contributed by atoms with Gasteiger partial charge in [-0.25, -0.2) is 0 Å². The van der Waals surface area contributed by atoms with E-state index < -0.39 is 11.1 Å². The summed E-state index contributed by atoms with van der Waals surface area (Å²) in [5.41, 5.74) is 0.604. The molecule has 0 radical (unpaired) electrons. The minimum absolute atomic E-state index is 0.265. The molecule has 1 aromatic heterocycles. The lowest BCUT2D eigenvalue weighted by molar-refractivity contribution is 0.0940. The van der Waals surface area contributed by atoms with Crippen molar-refractivity contribution in [2.45, 2.75) is 13.0 Å². The zero-order valence-electron chi connectivity index (χ0n) is 14.5. The van der Waals surface area contributed by atoms with Crippen LogP contribution in [0.2, 0.25) is 0 Å². The Bertz CT molecular complexity index is 1150. The van der Waals surface area contributed by atoms with Crippen LogP contribution >= 0.6 is 0 Å². The van der Waals surface area contributed by atoms with Crippen molar-refractivity contribution >= 4 is 16.9 Å². The predicted octanol–water partition coefficient (Wildman–Crippen LogP) is 1.48. The summed E-state index contributed by atoms with van der Waals surface area (Å²) in [6.07, 6.45) is 0. The summed E-state index contributed by atoms with van der Waals surface area (Å²) in [7, 11) is 0. The molecule has 3 N–H and O–H groups in total. The van der Waals surface area contributed by atoms with Crippen LogP contribution in [0.4, 0.5) is 0 Å². The van der Waals surface area contributed by atoms with Crippen molar-refractivity contribution < 1.29 is 14.3 Å². The third-order valence-electron chi connectivity index (χ3n) is 4.40. The summed E-state index contributed by atoms with van der Waals surface area (Å²) < 4.78 is 11.1. The molecule has 0 bridgehead atoms. The minimum atomic E-state index is -0.760. The third kappa shape index (κ3) is 3.29. The van der Waals surface area contributed by atoms with Crippen molar-refractivity contribution in [3.05, 3.63) is 68.2 Å². The maximum absolute atomic E-state index is 12.6. The Kier molecular flexibility index (Phi) is 4.15. The second-order valence-electron chi connectivity index (χ2n) is 6.27. The molecule has 0 spiro atoms. The quantitative estimate of drug-likeness (QED) is 0.607. The average Bonchev–Trinajstić information content (AvgIpc) is 2.68. The van der Waals surface area contributed by atoms with E-state index in [1.54, 1.807) is 12.1 Å². The van der Waals surface area contributed by atoms with E-state index in [1.165, 1.54) is 6.07 Å². The van der Waals surface area contributed by atoms with Gasteiger partial charge in [0.15, 0.2) is 11.5 Å². The Morgan fingerprint density at radius 2 is 1.67 bits per heavy atom. The van der Waals surface area contributed by atoms with Gasteiger partial charge in [0.2, 0.25) is 0 Å². The lowest BCUT2D eigenvalue weighted by atomic mass is 10.1. The maximum Gasteiger partial charge on any atom is 0.314 e. The molecule has 2 heterocycles. The van der Waals surface area contributed by atoms with Gasteiger partial charge in [-0.3, -0.25) is 14.4 Å². The van der Waals surface area contributed by atoms with E-state index in [4.69, 9.17) is 9.47 Å². The lowest BCUT2D eigenvalue weighted by Gasteiger charge is -2.21. The summed E-state index contributed by atoms with van der Waals surface area (Å²) in [4.78, 5) is 40.3. The number of H-pyrrole nitrogens is 2.